The summed E-state index contributed by atoms with van der Waals surface area (Å²) in [5, 5.41) is 12.6. The molecule has 1 atom stereocenters. The van der Waals surface area contributed by atoms with Crippen molar-refractivity contribution in [3.8, 4) is 6.07 Å². The quantitative estimate of drug-likeness (QED) is 0.701. The van der Waals surface area contributed by atoms with Crippen LogP contribution < -0.4 is 11.1 Å². The zero-order valence-electron chi connectivity index (χ0n) is 12.8. The third kappa shape index (κ3) is 5.48. The van der Waals surface area contributed by atoms with Gasteiger partial charge in [0.1, 0.15) is 5.54 Å². The van der Waals surface area contributed by atoms with E-state index in [2.05, 4.69) is 23.2 Å². The molecule has 0 aromatic rings. The van der Waals surface area contributed by atoms with E-state index in [0.29, 0.717) is 0 Å². The fourth-order valence-corrected chi connectivity index (χ4v) is 2.68. The van der Waals surface area contributed by atoms with Crippen LogP contribution in [0.1, 0.15) is 46.0 Å². The topological polar surface area (TPSA) is 82.2 Å². The van der Waals surface area contributed by atoms with E-state index in [9.17, 15) is 10.1 Å². The molecule has 1 fully saturated rings. The second-order valence-electron chi connectivity index (χ2n) is 5.99. The van der Waals surface area contributed by atoms with E-state index in [4.69, 9.17) is 5.73 Å². The molecule has 1 aliphatic heterocycles. The van der Waals surface area contributed by atoms with Crippen LogP contribution in [0.2, 0.25) is 0 Å². The van der Waals surface area contributed by atoms with Crippen LogP contribution in [-0.4, -0.2) is 42.5 Å². The third-order valence-corrected chi connectivity index (χ3v) is 4.15. The largest absolute Gasteiger partial charge is 0.369 e. The van der Waals surface area contributed by atoms with Crippen LogP contribution in [-0.2, 0) is 4.79 Å². The first-order valence-corrected chi connectivity index (χ1v) is 7.68. The van der Waals surface area contributed by atoms with Crippen LogP contribution in [0.5, 0.6) is 0 Å². The number of primary amides is 1. The van der Waals surface area contributed by atoms with Gasteiger partial charge in [0.25, 0.3) is 0 Å². The molecule has 0 radical (unpaired) electrons. The summed E-state index contributed by atoms with van der Waals surface area (Å²) in [5.74, 6) is -0.104. The van der Waals surface area contributed by atoms with Crippen LogP contribution >= 0.6 is 0 Å². The van der Waals surface area contributed by atoms with Gasteiger partial charge < -0.3 is 10.6 Å². The number of hydrogen-bond donors (Lipinski definition) is 2. The van der Waals surface area contributed by atoms with E-state index < -0.39 is 5.54 Å². The Bertz CT molecular complexity index is 344. The van der Waals surface area contributed by atoms with Crippen molar-refractivity contribution in [3.63, 3.8) is 0 Å². The van der Waals surface area contributed by atoms with Crippen molar-refractivity contribution < 1.29 is 4.79 Å². The van der Waals surface area contributed by atoms with Crippen molar-refractivity contribution in [2.45, 2.75) is 51.5 Å². The lowest BCUT2D eigenvalue weighted by Crippen LogP contribution is -2.43. The minimum absolute atomic E-state index is 0.0573. The number of piperidine rings is 1. The molecule has 114 valence electrons. The molecule has 0 aromatic carbocycles. The molecule has 0 aliphatic carbocycles. The summed E-state index contributed by atoms with van der Waals surface area (Å²) in [6.45, 7) is 7.85. The van der Waals surface area contributed by atoms with Gasteiger partial charge in [-0.1, -0.05) is 6.92 Å². The maximum atomic E-state index is 11.1. The standard InChI is InChI=1S/C15H28N4O/c1-3-8-18-15(2,12-16)7-4-9-19-10-5-13(6-11-19)14(17)20/h13,18H,3-11H2,1-2H3,(H2,17,20). The van der Waals surface area contributed by atoms with Gasteiger partial charge in [-0.3, -0.25) is 10.1 Å². The van der Waals surface area contributed by atoms with E-state index in [0.717, 1.165) is 58.3 Å². The molecule has 1 aliphatic rings. The summed E-state index contributed by atoms with van der Waals surface area (Å²) in [5.41, 5.74) is 4.92. The highest BCUT2D eigenvalue weighted by molar-refractivity contribution is 5.76. The number of nitrogens with two attached hydrogens (primary N) is 1. The van der Waals surface area contributed by atoms with Gasteiger partial charge in [-0.25, -0.2) is 0 Å². The molecule has 0 aromatic heterocycles. The van der Waals surface area contributed by atoms with E-state index >= 15 is 0 Å². The Kier molecular flexibility index (Phi) is 6.97. The molecule has 0 bridgehead atoms. The summed E-state index contributed by atoms with van der Waals surface area (Å²) in [4.78, 5) is 13.5. The number of nitriles is 1. The lowest BCUT2D eigenvalue weighted by Gasteiger charge is -2.31. The van der Waals surface area contributed by atoms with Crippen molar-refractivity contribution in [2.75, 3.05) is 26.2 Å². The van der Waals surface area contributed by atoms with Crippen LogP contribution in [0.25, 0.3) is 0 Å². The first kappa shape index (κ1) is 16.9. The van der Waals surface area contributed by atoms with E-state index in [1.807, 2.05) is 6.92 Å². The Hall–Kier alpha value is -1.12. The fraction of sp³-hybridized carbons (Fsp3) is 0.867. The molecular weight excluding hydrogens is 252 g/mol. The number of carbonyl (C=O) groups is 1. The molecule has 5 heteroatoms. The number of rotatable bonds is 8. The molecule has 1 unspecified atom stereocenters. The molecule has 1 amide bonds. The van der Waals surface area contributed by atoms with Crippen molar-refractivity contribution in [2.24, 2.45) is 11.7 Å². The van der Waals surface area contributed by atoms with Gasteiger partial charge in [-0.05, 0) is 65.2 Å². The van der Waals surface area contributed by atoms with Crippen molar-refractivity contribution in [1.29, 1.82) is 5.26 Å². The maximum Gasteiger partial charge on any atom is 0.220 e. The van der Waals surface area contributed by atoms with E-state index in [1.54, 1.807) is 0 Å². The number of nitrogens with zero attached hydrogens (tertiary/aromatic N) is 2. The monoisotopic (exact) mass is 280 g/mol. The van der Waals surface area contributed by atoms with Crippen LogP contribution in [0.3, 0.4) is 0 Å². The summed E-state index contributed by atoms with van der Waals surface area (Å²) in [7, 11) is 0. The average Bonchev–Trinajstić information content (AvgIpc) is 2.45. The van der Waals surface area contributed by atoms with Gasteiger partial charge in [-0.15, -0.1) is 0 Å². The zero-order valence-corrected chi connectivity index (χ0v) is 12.8. The van der Waals surface area contributed by atoms with Gasteiger partial charge in [0.15, 0.2) is 0 Å². The molecule has 0 saturated carbocycles. The zero-order chi connectivity index (χ0) is 15.0. The number of hydrogen-bond acceptors (Lipinski definition) is 4. The highest BCUT2D eigenvalue weighted by Crippen LogP contribution is 2.18. The number of nitrogens with one attached hydrogen (secondary N) is 1. The molecule has 0 spiro atoms. The molecule has 3 N–H and O–H groups in total. The van der Waals surface area contributed by atoms with Gasteiger partial charge in [0, 0.05) is 5.92 Å². The number of amides is 1. The first-order chi connectivity index (χ1) is 9.50. The molecule has 5 nitrogen and oxygen atoms in total. The fourth-order valence-electron chi connectivity index (χ4n) is 2.68. The second kappa shape index (κ2) is 8.23. The summed E-state index contributed by atoms with van der Waals surface area (Å²) in [6.07, 6.45) is 4.65. The Morgan fingerprint density at radius 3 is 2.65 bits per heavy atom. The number of likely N-dealkylation sites (tertiary alicyclic amines) is 1. The van der Waals surface area contributed by atoms with Crippen LogP contribution in [0.15, 0.2) is 0 Å². The third-order valence-electron chi connectivity index (χ3n) is 4.15. The van der Waals surface area contributed by atoms with E-state index in [1.165, 1.54) is 0 Å². The summed E-state index contributed by atoms with van der Waals surface area (Å²) < 4.78 is 0. The number of carbonyl (C=O) groups excluding carboxylic acids is 1. The Balaban J connectivity index is 2.24. The lowest BCUT2D eigenvalue weighted by molar-refractivity contribution is -0.123. The highest BCUT2D eigenvalue weighted by atomic mass is 16.1. The van der Waals surface area contributed by atoms with Crippen LogP contribution in [0.4, 0.5) is 0 Å². The van der Waals surface area contributed by atoms with Gasteiger partial charge >= 0.3 is 0 Å². The highest BCUT2D eigenvalue weighted by Gasteiger charge is 2.25. The van der Waals surface area contributed by atoms with E-state index in [-0.39, 0.29) is 11.8 Å². The summed E-state index contributed by atoms with van der Waals surface area (Å²) in [6, 6.07) is 2.38. The first-order valence-electron chi connectivity index (χ1n) is 7.68. The predicted molar refractivity (Wildman–Crippen MR) is 79.9 cm³/mol. The minimum atomic E-state index is -0.415. The maximum absolute atomic E-state index is 11.1. The SMILES string of the molecule is CCCNC(C)(C#N)CCCN1CCC(C(N)=O)CC1. The van der Waals surface area contributed by atoms with Crippen molar-refractivity contribution in [3.05, 3.63) is 0 Å². The Morgan fingerprint density at radius 2 is 2.15 bits per heavy atom. The average molecular weight is 280 g/mol. The summed E-state index contributed by atoms with van der Waals surface area (Å²) >= 11 is 0. The van der Waals surface area contributed by atoms with Gasteiger partial charge in [-0.2, -0.15) is 5.26 Å². The predicted octanol–water partition coefficient (Wildman–Crippen LogP) is 1.25. The van der Waals surface area contributed by atoms with Crippen LogP contribution in [0, 0.1) is 17.2 Å². The molecule has 1 saturated heterocycles. The lowest BCUT2D eigenvalue weighted by atomic mass is 9.94. The van der Waals surface area contributed by atoms with Gasteiger partial charge in [0.2, 0.25) is 5.91 Å². The Labute approximate surface area is 122 Å². The molecular formula is C15H28N4O. The van der Waals surface area contributed by atoms with Gasteiger partial charge in [0.05, 0.1) is 6.07 Å². The van der Waals surface area contributed by atoms with Crippen molar-refractivity contribution >= 4 is 5.91 Å². The normalized spacial score (nSPS) is 20.2. The second-order valence-corrected chi connectivity index (χ2v) is 5.99. The molecule has 20 heavy (non-hydrogen) atoms. The molecule has 1 rings (SSSR count). The molecule has 1 heterocycles. The van der Waals surface area contributed by atoms with Crippen molar-refractivity contribution in [1.82, 2.24) is 10.2 Å². The minimum Gasteiger partial charge on any atom is -0.369 e. The smallest absolute Gasteiger partial charge is 0.220 e. The Morgan fingerprint density at radius 1 is 1.50 bits per heavy atom.